The zero-order valence-electron chi connectivity index (χ0n) is 5.86. The number of halogens is 1. The van der Waals surface area contributed by atoms with Crippen LogP contribution in [0.4, 0.5) is 5.69 Å². The van der Waals surface area contributed by atoms with Crippen molar-refractivity contribution in [1.29, 1.82) is 0 Å². The Balaban J connectivity index is 2.91. The third-order valence-electron chi connectivity index (χ3n) is 1.07. The molecule has 0 fully saturated rings. The number of benzene rings is 1. The van der Waals surface area contributed by atoms with E-state index in [9.17, 15) is 8.42 Å². The van der Waals surface area contributed by atoms with E-state index in [1.165, 1.54) is 12.1 Å². The molecule has 1 aromatic carbocycles. The van der Waals surface area contributed by atoms with Crippen molar-refractivity contribution in [2.75, 3.05) is 4.72 Å². The van der Waals surface area contributed by atoms with Gasteiger partial charge in [0.1, 0.15) is 0 Å². The van der Waals surface area contributed by atoms with Crippen molar-refractivity contribution in [2.24, 2.45) is 0 Å². The molecule has 1 aromatic rings. The quantitative estimate of drug-likeness (QED) is 0.724. The van der Waals surface area contributed by atoms with Crippen molar-refractivity contribution in [1.82, 2.24) is 0 Å². The highest BCUT2D eigenvalue weighted by atomic mass is 35.5. The maximum atomic E-state index is 10.3. The second kappa shape index (κ2) is 3.30. The first-order valence-electron chi connectivity index (χ1n) is 2.98. The molecule has 12 heavy (non-hydrogen) atoms. The number of hydrogen-bond acceptors (Lipinski definition) is 2. The van der Waals surface area contributed by atoms with E-state index in [1.54, 1.807) is 12.1 Å². The fourth-order valence-electron chi connectivity index (χ4n) is 0.701. The van der Waals surface area contributed by atoms with Crippen molar-refractivity contribution in [3.63, 3.8) is 0 Å². The molecule has 0 amide bonds. The Morgan fingerprint density at radius 2 is 2.08 bits per heavy atom. The molecule has 6 heteroatoms. The third-order valence-corrected chi connectivity index (χ3v) is 1.80. The van der Waals surface area contributed by atoms with Crippen molar-refractivity contribution in [2.45, 2.75) is 0 Å². The molecule has 0 aliphatic rings. The average molecular weight is 208 g/mol. The van der Waals surface area contributed by atoms with Gasteiger partial charge in [0, 0.05) is 5.02 Å². The molecular formula is C6H6ClNO3S. The van der Waals surface area contributed by atoms with Gasteiger partial charge >= 0.3 is 10.3 Å². The van der Waals surface area contributed by atoms with Crippen LogP contribution in [-0.2, 0) is 10.3 Å². The molecule has 0 saturated carbocycles. The summed E-state index contributed by atoms with van der Waals surface area (Å²) in [6.45, 7) is 0. The summed E-state index contributed by atoms with van der Waals surface area (Å²) >= 11 is 5.56. The lowest BCUT2D eigenvalue weighted by atomic mass is 10.3. The largest absolute Gasteiger partial charge is 0.357 e. The van der Waals surface area contributed by atoms with E-state index in [0.717, 1.165) is 0 Å². The highest BCUT2D eigenvalue weighted by molar-refractivity contribution is 7.87. The van der Waals surface area contributed by atoms with Crippen LogP contribution < -0.4 is 4.72 Å². The Labute approximate surface area is 75.0 Å². The van der Waals surface area contributed by atoms with Gasteiger partial charge in [-0.3, -0.25) is 9.27 Å². The second-order valence-corrected chi connectivity index (χ2v) is 3.68. The Hall–Kier alpha value is -0.780. The van der Waals surface area contributed by atoms with Crippen molar-refractivity contribution in [3.8, 4) is 0 Å². The van der Waals surface area contributed by atoms with Crippen LogP contribution in [0.2, 0.25) is 5.02 Å². The summed E-state index contributed by atoms with van der Waals surface area (Å²) in [6.07, 6.45) is 0. The van der Waals surface area contributed by atoms with Gasteiger partial charge in [0.2, 0.25) is 0 Å². The summed E-state index contributed by atoms with van der Waals surface area (Å²) < 4.78 is 30.9. The third kappa shape index (κ3) is 3.08. The molecule has 0 saturated heterocycles. The van der Waals surface area contributed by atoms with Gasteiger partial charge < -0.3 is 0 Å². The van der Waals surface area contributed by atoms with Crippen LogP contribution in [0.25, 0.3) is 0 Å². The summed E-state index contributed by atoms with van der Waals surface area (Å²) in [5, 5.41) is 0.392. The molecule has 0 heterocycles. The molecule has 66 valence electrons. The smallest absolute Gasteiger partial charge is 0.269 e. The molecule has 0 unspecified atom stereocenters. The lowest BCUT2D eigenvalue weighted by Crippen LogP contribution is -2.09. The molecular weight excluding hydrogens is 202 g/mol. The number of rotatable bonds is 2. The second-order valence-electron chi connectivity index (χ2n) is 2.09. The van der Waals surface area contributed by atoms with Gasteiger partial charge in [-0.1, -0.05) is 17.7 Å². The molecule has 2 N–H and O–H groups in total. The maximum absolute atomic E-state index is 10.3. The zero-order valence-corrected chi connectivity index (χ0v) is 7.43. The fraction of sp³-hybridized carbons (Fsp3) is 0. The first kappa shape index (κ1) is 9.31. The Morgan fingerprint density at radius 1 is 1.42 bits per heavy atom. The lowest BCUT2D eigenvalue weighted by molar-refractivity contribution is 0.490. The van der Waals surface area contributed by atoms with E-state index in [2.05, 4.69) is 0 Å². The van der Waals surface area contributed by atoms with Gasteiger partial charge in [0.25, 0.3) is 0 Å². The molecule has 0 atom stereocenters. The molecule has 4 nitrogen and oxygen atoms in total. The van der Waals surface area contributed by atoms with Crippen molar-refractivity contribution < 1.29 is 13.0 Å². The Morgan fingerprint density at radius 3 is 2.58 bits per heavy atom. The number of nitrogens with one attached hydrogen (secondary N) is 1. The van der Waals surface area contributed by atoms with Crippen LogP contribution in [0.1, 0.15) is 0 Å². The summed E-state index contributed by atoms with van der Waals surface area (Å²) in [5.74, 6) is 0. The maximum Gasteiger partial charge on any atom is 0.357 e. The van der Waals surface area contributed by atoms with E-state index in [1.807, 2.05) is 4.72 Å². The van der Waals surface area contributed by atoms with E-state index in [-0.39, 0.29) is 5.69 Å². The van der Waals surface area contributed by atoms with E-state index >= 15 is 0 Å². The molecule has 0 aliphatic carbocycles. The van der Waals surface area contributed by atoms with Crippen molar-refractivity contribution in [3.05, 3.63) is 29.3 Å². The molecule has 0 aliphatic heterocycles. The summed E-state index contributed by atoms with van der Waals surface area (Å²) in [6, 6.07) is 6.02. The standard InChI is InChI=1S/C6H6ClNO3S/c7-5-2-1-3-6(4-5)8-12(9,10)11/h1-4,8H,(H,9,10,11). The van der Waals surface area contributed by atoms with E-state index < -0.39 is 10.3 Å². The predicted molar refractivity (Wildman–Crippen MR) is 46.6 cm³/mol. The van der Waals surface area contributed by atoms with Crippen molar-refractivity contribution >= 4 is 27.6 Å². The summed E-state index contributed by atoms with van der Waals surface area (Å²) in [7, 11) is -4.20. The lowest BCUT2D eigenvalue weighted by Gasteiger charge is -2.01. The van der Waals surface area contributed by atoms with E-state index in [0.29, 0.717) is 5.02 Å². The Bertz CT molecular complexity index is 376. The summed E-state index contributed by atoms with van der Waals surface area (Å²) in [4.78, 5) is 0. The zero-order chi connectivity index (χ0) is 9.19. The SMILES string of the molecule is O=S(=O)(O)Nc1cccc(Cl)c1. The van der Waals surface area contributed by atoms with Gasteiger partial charge in [-0.05, 0) is 18.2 Å². The summed E-state index contributed by atoms with van der Waals surface area (Å²) in [5.41, 5.74) is 0.227. The van der Waals surface area contributed by atoms with Gasteiger partial charge in [0.15, 0.2) is 0 Å². The van der Waals surface area contributed by atoms with E-state index in [4.69, 9.17) is 16.2 Å². The van der Waals surface area contributed by atoms with Gasteiger partial charge in [-0.15, -0.1) is 0 Å². The minimum atomic E-state index is -4.20. The number of hydrogen-bond donors (Lipinski definition) is 2. The molecule has 1 rings (SSSR count). The van der Waals surface area contributed by atoms with Gasteiger partial charge in [-0.25, -0.2) is 0 Å². The van der Waals surface area contributed by atoms with Crippen LogP contribution >= 0.6 is 11.6 Å². The fourth-order valence-corrected chi connectivity index (χ4v) is 1.32. The minimum absolute atomic E-state index is 0.227. The molecule has 0 aromatic heterocycles. The minimum Gasteiger partial charge on any atom is -0.269 e. The number of anilines is 1. The predicted octanol–water partition coefficient (Wildman–Crippen LogP) is 1.55. The van der Waals surface area contributed by atoms with Crippen LogP contribution in [0.5, 0.6) is 0 Å². The van der Waals surface area contributed by atoms with Crippen LogP contribution in [0.15, 0.2) is 24.3 Å². The monoisotopic (exact) mass is 207 g/mol. The topological polar surface area (TPSA) is 66.4 Å². The van der Waals surface area contributed by atoms with Gasteiger partial charge in [-0.2, -0.15) is 8.42 Å². The Kier molecular flexibility index (Phi) is 2.56. The van der Waals surface area contributed by atoms with Crippen LogP contribution in [-0.4, -0.2) is 13.0 Å². The van der Waals surface area contributed by atoms with Gasteiger partial charge in [0.05, 0.1) is 5.69 Å². The first-order valence-corrected chi connectivity index (χ1v) is 4.80. The van der Waals surface area contributed by atoms with Crippen LogP contribution in [0, 0.1) is 0 Å². The highest BCUT2D eigenvalue weighted by Gasteiger charge is 2.02. The highest BCUT2D eigenvalue weighted by Crippen LogP contribution is 2.15. The normalized spacial score (nSPS) is 11.2. The first-order chi connectivity index (χ1) is 5.47. The molecule has 0 radical (unpaired) electrons. The van der Waals surface area contributed by atoms with Crippen LogP contribution in [0.3, 0.4) is 0 Å². The molecule has 0 spiro atoms. The average Bonchev–Trinajstić information content (AvgIpc) is 1.82. The molecule has 0 bridgehead atoms.